The van der Waals surface area contributed by atoms with E-state index in [-0.39, 0.29) is 28.0 Å². The Morgan fingerprint density at radius 1 is 1.03 bits per heavy atom. The summed E-state index contributed by atoms with van der Waals surface area (Å²) in [4.78, 5) is 34.0. The number of alkyl halides is 3. The van der Waals surface area contributed by atoms with Crippen LogP contribution in [0.2, 0.25) is 0 Å². The number of H-pyrrole nitrogens is 1. The molecule has 0 unspecified atom stereocenters. The monoisotopic (exact) mass is 540 g/mol. The van der Waals surface area contributed by atoms with Crippen molar-refractivity contribution in [1.29, 1.82) is 0 Å². The molecular formula is C26H19F3N4O4S. The predicted octanol–water partition coefficient (Wildman–Crippen LogP) is 5.51. The Balaban J connectivity index is 1.50. The van der Waals surface area contributed by atoms with E-state index in [4.69, 9.17) is 4.74 Å². The third-order valence-corrected chi connectivity index (χ3v) is 6.47. The molecule has 0 fully saturated rings. The lowest BCUT2D eigenvalue weighted by molar-refractivity contribution is -0.274. The van der Waals surface area contributed by atoms with E-state index in [1.165, 1.54) is 23.8 Å². The second-order valence-corrected chi connectivity index (χ2v) is 8.98. The number of thioether (sulfide) groups is 1. The van der Waals surface area contributed by atoms with E-state index in [2.05, 4.69) is 20.0 Å². The summed E-state index contributed by atoms with van der Waals surface area (Å²) in [6.45, 7) is 0. The highest BCUT2D eigenvalue weighted by molar-refractivity contribution is 7.99. The summed E-state index contributed by atoms with van der Waals surface area (Å²) in [5, 5.41) is 3.69. The highest BCUT2D eigenvalue weighted by atomic mass is 32.2. The van der Waals surface area contributed by atoms with Gasteiger partial charge in [-0.1, -0.05) is 30.0 Å². The van der Waals surface area contributed by atoms with Gasteiger partial charge < -0.3 is 19.8 Å². The number of hydrogen-bond donors (Lipinski definition) is 2. The van der Waals surface area contributed by atoms with E-state index in [0.717, 1.165) is 29.3 Å². The van der Waals surface area contributed by atoms with Crippen LogP contribution in [0.25, 0.3) is 27.6 Å². The lowest BCUT2D eigenvalue weighted by Gasteiger charge is -2.14. The maximum Gasteiger partial charge on any atom is 0.573 e. The first-order chi connectivity index (χ1) is 18.2. The van der Waals surface area contributed by atoms with E-state index in [1.807, 2.05) is 18.2 Å². The third-order valence-electron chi connectivity index (χ3n) is 5.53. The van der Waals surface area contributed by atoms with Gasteiger partial charge in [-0.3, -0.25) is 14.2 Å². The number of nitrogens with one attached hydrogen (secondary N) is 2. The molecule has 0 aliphatic heterocycles. The molecule has 0 saturated heterocycles. The topological polar surface area (TPSA) is 98.2 Å². The highest BCUT2D eigenvalue weighted by Gasteiger charge is 2.31. The summed E-state index contributed by atoms with van der Waals surface area (Å²) in [6.07, 6.45) is -4.85. The van der Waals surface area contributed by atoms with Crippen LogP contribution in [0.5, 0.6) is 11.5 Å². The molecule has 1 amide bonds. The maximum absolute atomic E-state index is 13.6. The summed E-state index contributed by atoms with van der Waals surface area (Å²) < 4.78 is 48.1. The van der Waals surface area contributed by atoms with Crippen molar-refractivity contribution in [2.24, 2.45) is 0 Å². The van der Waals surface area contributed by atoms with E-state index >= 15 is 0 Å². The largest absolute Gasteiger partial charge is 0.573 e. The lowest BCUT2D eigenvalue weighted by atomic mass is 10.2. The molecule has 194 valence electrons. The van der Waals surface area contributed by atoms with E-state index in [9.17, 15) is 22.8 Å². The molecule has 0 spiro atoms. The summed E-state index contributed by atoms with van der Waals surface area (Å²) in [5.41, 5.74) is 1.72. The maximum atomic E-state index is 13.6. The number of nitrogens with zero attached hydrogens (tertiary/aromatic N) is 2. The molecule has 0 aliphatic carbocycles. The molecule has 38 heavy (non-hydrogen) atoms. The van der Waals surface area contributed by atoms with Crippen molar-refractivity contribution in [2.75, 3.05) is 18.2 Å². The smallest absolute Gasteiger partial charge is 0.497 e. The average molecular weight is 541 g/mol. The Labute approximate surface area is 217 Å². The van der Waals surface area contributed by atoms with Crippen molar-refractivity contribution in [2.45, 2.75) is 11.5 Å². The highest BCUT2D eigenvalue weighted by Crippen LogP contribution is 2.28. The standard InChI is InChI=1S/C26H19F3N4O4S/c1-36-17-10-6-15(7-11-17)30-21(34)14-38-25-32-22-19-4-2-3-5-20(19)31-23(22)24(35)33(25)16-8-12-18(13-9-16)37-26(27,28)29/h2-13,31H,14H2,1H3,(H,30,34). The normalized spacial score (nSPS) is 11.6. The first kappa shape index (κ1) is 25.2. The average Bonchev–Trinajstić information content (AvgIpc) is 3.27. The van der Waals surface area contributed by atoms with Crippen LogP contribution < -0.4 is 20.3 Å². The van der Waals surface area contributed by atoms with Crippen molar-refractivity contribution in [1.82, 2.24) is 14.5 Å². The summed E-state index contributed by atoms with van der Waals surface area (Å²) in [7, 11) is 1.54. The zero-order chi connectivity index (χ0) is 26.9. The van der Waals surface area contributed by atoms with Gasteiger partial charge in [-0.05, 0) is 54.6 Å². The number of methoxy groups -OCH3 is 1. The van der Waals surface area contributed by atoms with Gasteiger partial charge in [0, 0.05) is 16.6 Å². The number of ether oxygens (including phenoxy) is 2. The second-order valence-electron chi connectivity index (χ2n) is 8.04. The fraction of sp³-hybridized carbons (Fsp3) is 0.115. The summed E-state index contributed by atoms with van der Waals surface area (Å²) in [5.74, 6) is -0.207. The Morgan fingerprint density at radius 2 is 1.71 bits per heavy atom. The Hall–Kier alpha value is -4.45. The fourth-order valence-corrected chi connectivity index (χ4v) is 4.67. The molecule has 5 rings (SSSR count). The van der Waals surface area contributed by atoms with Gasteiger partial charge in [0.05, 0.1) is 18.6 Å². The number of amides is 1. The van der Waals surface area contributed by atoms with Crippen molar-refractivity contribution in [3.8, 4) is 17.2 Å². The van der Waals surface area contributed by atoms with Gasteiger partial charge in [0.1, 0.15) is 22.5 Å². The van der Waals surface area contributed by atoms with Gasteiger partial charge in [-0.25, -0.2) is 4.98 Å². The molecule has 0 bridgehead atoms. The van der Waals surface area contributed by atoms with Gasteiger partial charge in [-0.2, -0.15) is 0 Å². The zero-order valence-electron chi connectivity index (χ0n) is 19.7. The molecule has 2 N–H and O–H groups in total. The Bertz CT molecular complexity index is 1680. The van der Waals surface area contributed by atoms with Crippen molar-refractivity contribution in [3.63, 3.8) is 0 Å². The SMILES string of the molecule is COc1ccc(NC(=O)CSc2nc3c([nH]c4ccccc43)c(=O)n2-c2ccc(OC(F)(F)F)cc2)cc1. The number of fused-ring (bicyclic) bond motifs is 3. The van der Waals surface area contributed by atoms with Gasteiger partial charge in [-0.15, -0.1) is 13.2 Å². The third kappa shape index (κ3) is 5.30. The summed E-state index contributed by atoms with van der Waals surface area (Å²) >= 11 is 1.02. The number of aromatic amines is 1. The van der Waals surface area contributed by atoms with Crippen molar-refractivity contribution < 1.29 is 27.4 Å². The number of carbonyl (C=O) groups excluding carboxylic acids is 1. The predicted molar refractivity (Wildman–Crippen MR) is 138 cm³/mol. The number of anilines is 1. The number of carbonyl (C=O) groups is 1. The van der Waals surface area contributed by atoms with Crippen LogP contribution in [0.1, 0.15) is 0 Å². The molecule has 12 heteroatoms. The van der Waals surface area contributed by atoms with Crippen molar-refractivity contribution >= 4 is 45.3 Å². The fourth-order valence-electron chi connectivity index (χ4n) is 3.87. The molecule has 3 aromatic carbocycles. The van der Waals surface area contributed by atoms with Crippen LogP contribution in [-0.4, -0.2) is 39.7 Å². The molecule has 0 aliphatic rings. The van der Waals surface area contributed by atoms with E-state index in [0.29, 0.717) is 22.5 Å². The molecule has 5 aromatic rings. The van der Waals surface area contributed by atoms with Gasteiger partial charge in [0.2, 0.25) is 5.91 Å². The van der Waals surface area contributed by atoms with Crippen LogP contribution in [0, 0.1) is 0 Å². The molecule has 0 radical (unpaired) electrons. The minimum atomic E-state index is -4.85. The Kier molecular flexibility index (Phi) is 6.72. The first-order valence-corrected chi connectivity index (χ1v) is 12.2. The second kappa shape index (κ2) is 10.1. The number of halogens is 3. The van der Waals surface area contributed by atoms with E-state index < -0.39 is 17.7 Å². The van der Waals surface area contributed by atoms with Gasteiger partial charge in [0.25, 0.3) is 5.56 Å². The first-order valence-electron chi connectivity index (χ1n) is 11.2. The Morgan fingerprint density at radius 3 is 2.39 bits per heavy atom. The molecule has 0 atom stereocenters. The minimum Gasteiger partial charge on any atom is -0.497 e. The van der Waals surface area contributed by atoms with Gasteiger partial charge in [0.15, 0.2) is 5.16 Å². The molecule has 0 saturated carbocycles. The number of aromatic nitrogens is 3. The van der Waals surface area contributed by atoms with Crippen LogP contribution in [0.15, 0.2) is 82.7 Å². The van der Waals surface area contributed by atoms with E-state index in [1.54, 1.807) is 30.3 Å². The molecule has 2 aromatic heterocycles. The van der Waals surface area contributed by atoms with Crippen LogP contribution >= 0.6 is 11.8 Å². The van der Waals surface area contributed by atoms with Crippen LogP contribution in [0.4, 0.5) is 18.9 Å². The van der Waals surface area contributed by atoms with Crippen molar-refractivity contribution in [3.05, 3.63) is 83.2 Å². The number of benzene rings is 3. The lowest BCUT2D eigenvalue weighted by Crippen LogP contribution is -2.23. The molecule has 2 heterocycles. The van der Waals surface area contributed by atoms with Crippen LogP contribution in [-0.2, 0) is 4.79 Å². The molecule has 8 nitrogen and oxygen atoms in total. The molecular weight excluding hydrogens is 521 g/mol. The number of para-hydroxylation sites is 1. The quantitative estimate of drug-likeness (QED) is 0.209. The van der Waals surface area contributed by atoms with Gasteiger partial charge >= 0.3 is 6.36 Å². The number of hydrogen-bond acceptors (Lipinski definition) is 6. The van der Waals surface area contributed by atoms with Crippen LogP contribution in [0.3, 0.4) is 0 Å². The zero-order valence-corrected chi connectivity index (χ0v) is 20.5. The number of rotatable bonds is 7. The summed E-state index contributed by atoms with van der Waals surface area (Å²) in [6, 6.07) is 18.9. The minimum absolute atomic E-state index is 0.0817.